The van der Waals surface area contributed by atoms with Gasteiger partial charge in [-0.1, -0.05) is 6.42 Å². The highest BCUT2D eigenvalue weighted by Gasteiger charge is 2.26. The molecule has 2 amide bonds. The minimum atomic E-state index is -0.0878. The first-order valence-corrected chi connectivity index (χ1v) is 6.94. The monoisotopic (exact) mass is 253 g/mol. The molecule has 0 saturated carbocycles. The van der Waals surface area contributed by atoms with Crippen LogP contribution < -0.4 is 5.32 Å². The van der Waals surface area contributed by atoms with Crippen LogP contribution in [0, 0.1) is 0 Å². The molecule has 0 aromatic heterocycles. The Morgan fingerprint density at radius 2 is 1.94 bits per heavy atom. The van der Waals surface area contributed by atoms with Crippen LogP contribution in [0.4, 0.5) is 0 Å². The summed E-state index contributed by atoms with van der Waals surface area (Å²) in [5.74, 6) is 0.140. The molecule has 5 nitrogen and oxygen atoms in total. The topological polar surface area (TPSA) is 52.7 Å². The van der Waals surface area contributed by atoms with Crippen molar-refractivity contribution in [3.63, 3.8) is 0 Å². The van der Waals surface area contributed by atoms with E-state index in [-0.39, 0.29) is 24.4 Å². The molecule has 0 aromatic rings. The molecule has 2 fully saturated rings. The van der Waals surface area contributed by atoms with Gasteiger partial charge in [0.2, 0.25) is 11.8 Å². The third-order valence-corrected chi connectivity index (χ3v) is 3.82. The summed E-state index contributed by atoms with van der Waals surface area (Å²) in [6.07, 6.45) is 5.31. The van der Waals surface area contributed by atoms with Crippen molar-refractivity contribution >= 4 is 11.8 Å². The smallest absolute Gasteiger partial charge is 0.242 e. The van der Waals surface area contributed by atoms with Crippen LogP contribution in [0.2, 0.25) is 0 Å². The Kier molecular flexibility index (Phi) is 4.58. The van der Waals surface area contributed by atoms with Crippen LogP contribution in [0.15, 0.2) is 0 Å². The highest BCUT2D eigenvalue weighted by molar-refractivity contribution is 5.87. The number of likely N-dealkylation sites (N-methyl/N-ethyl adjacent to an activating group) is 1. The Hall–Kier alpha value is -1.10. The van der Waals surface area contributed by atoms with Crippen LogP contribution in [0.3, 0.4) is 0 Å². The van der Waals surface area contributed by atoms with Crippen molar-refractivity contribution in [2.75, 3.05) is 33.2 Å². The molecule has 102 valence electrons. The molecule has 0 spiro atoms. The molecule has 0 aliphatic carbocycles. The van der Waals surface area contributed by atoms with Crippen molar-refractivity contribution in [1.29, 1.82) is 0 Å². The first-order valence-electron chi connectivity index (χ1n) is 6.94. The summed E-state index contributed by atoms with van der Waals surface area (Å²) in [4.78, 5) is 27.5. The van der Waals surface area contributed by atoms with Crippen LogP contribution in [0.25, 0.3) is 0 Å². The van der Waals surface area contributed by atoms with Crippen molar-refractivity contribution in [2.24, 2.45) is 0 Å². The number of amides is 2. The Labute approximate surface area is 108 Å². The van der Waals surface area contributed by atoms with E-state index >= 15 is 0 Å². The molecule has 2 rings (SSSR count). The van der Waals surface area contributed by atoms with Gasteiger partial charge in [0, 0.05) is 20.1 Å². The van der Waals surface area contributed by atoms with Gasteiger partial charge in [0.15, 0.2) is 0 Å². The van der Waals surface area contributed by atoms with E-state index in [4.69, 9.17) is 0 Å². The van der Waals surface area contributed by atoms with Crippen molar-refractivity contribution in [1.82, 2.24) is 15.1 Å². The summed E-state index contributed by atoms with van der Waals surface area (Å²) in [5, 5.41) is 3.23. The first kappa shape index (κ1) is 13.3. The van der Waals surface area contributed by atoms with E-state index < -0.39 is 0 Å². The van der Waals surface area contributed by atoms with Gasteiger partial charge in [-0.3, -0.25) is 9.59 Å². The van der Waals surface area contributed by atoms with Crippen molar-refractivity contribution < 1.29 is 9.59 Å². The maximum absolute atomic E-state index is 12.1. The van der Waals surface area contributed by atoms with Gasteiger partial charge in [-0.2, -0.15) is 0 Å². The fourth-order valence-corrected chi connectivity index (χ4v) is 2.68. The quantitative estimate of drug-likeness (QED) is 0.782. The molecule has 5 heteroatoms. The predicted octanol–water partition coefficient (Wildman–Crippen LogP) is 0.209. The molecule has 0 bridgehead atoms. The second-order valence-corrected chi connectivity index (χ2v) is 5.28. The van der Waals surface area contributed by atoms with E-state index in [1.807, 2.05) is 4.90 Å². The summed E-state index contributed by atoms with van der Waals surface area (Å²) >= 11 is 0. The second-order valence-electron chi connectivity index (χ2n) is 5.28. The average molecular weight is 253 g/mol. The van der Waals surface area contributed by atoms with Crippen molar-refractivity contribution in [3.05, 3.63) is 0 Å². The lowest BCUT2D eigenvalue weighted by Gasteiger charge is -2.28. The maximum atomic E-state index is 12.1. The number of nitrogens with zero attached hydrogens (tertiary/aromatic N) is 2. The maximum Gasteiger partial charge on any atom is 0.242 e. The van der Waals surface area contributed by atoms with E-state index in [2.05, 4.69) is 5.32 Å². The summed E-state index contributed by atoms with van der Waals surface area (Å²) in [7, 11) is 1.73. The average Bonchev–Trinajstić information content (AvgIpc) is 2.92. The number of piperidine rings is 1. The molecule has 0 aromatic carbocycles. The molecule has 2 aliphatic rings. The van der Waals surface area contributed by atoms with E-state index in [9.17, 15) is 9.59 Å². The zero-order valence-electron chi connectivity index (χ0n) is 11.2. The zero-order valence-corrected chi connectivity index (χ0v) is 11.2. The van der Waals surface area contributed by atoms with E-state index in [0.29, 0.717) is 0 Å². The highest BCUT2D eigenvalue weighted by Crippen LogP contribution is 2.11. The van der Waals surface area contributed by atoms with Crippen LogP contribution in [-0.4, -0.2) is 60.9 Å². The Bertz CT molecular complexity index is 307. The highest BCUT2D eigenvalue weighted by atomic mass is 16.2. The van der Waals surface area contributed by atoms with E-state index in [0.717, 1.165) is 51.7 Å². The van der Waals surface area contributed by atoms with Gasteiger partial charge in [-0.05, 0) is 32.2 Å². The van der Waals surface area contributed by atoms with E-state index in [1.54, 1.807) is 11.9 Å². The molecule has 18 heavy (non-hydrogen) atoms. The standard InChI is InChI=1S/C13H23N3O2/c1-15(10-12(17)16-8-4-5-9-16)13(18)11-6-2-3-7-14-11/h11,14H,2-10H2,1H3/t11-/m1/s1. The third kappa shape index (κ3) is 3.22. The molecular formula is C13H23N3O2. The Morgan fingerprint density at radius 3 is 2.56 bits per heavy atom. The molecule has 0 unspecified atom stereocenters. The van der Waals surface area contributed by atoms with Gasteiger partial charge in [0.1, 0.15) is 0 Å². The van der Waals surface area contributed by atoms with E-state index in [1.165, 1.54) is 0 Å². The normalized spacial score (nSPS) is 24.1. The second kappa shape index (κ2) is 6.18. The first-order chi connectivity index (χ1) is 8.68. The van der Waals surface area contributed by atoms with Crippen LogP contribution in [0.5, 0.6) is 0 Å². The van der Waals surface area contributed by atoms with Gasteiger partial charge in [0.25, 0.3) is 0 Å². The number of carbonyl (C=O) groups excluding carboxylic acids is 2. The summed E-state index contributed by atoms with van der Waals surface area (Å²) in [5.41, 5.74) is 0. The third-order valence-electron chi connectivity index (χ3n) is 3.82. The van der Waals surface area contributed by atoms with Crippen LogP contribution in [-0.2, 0) is 9.59 Å². The lowest BCUT2D eigenvalue weighted by molar-refractivity contribution is -0.140. The number of nitrogens with one attached hydrogen (secondary N) is 1. The van der Waals surface area contributed by atoms with Crippen molar-refractivity contribution in [3.8, 4) is 0 Å². The minimum absolute atomic E-state index is 0.0576. The Balaban J connectivity index is 1.80. The molecule has 2 aliphatic heterocycles. The summed E-state index contributed by atoms with van der Waals surface area (Å²) in [6, 6.07) is -0.0878. The van der Waals surface area contributed by atoms with Gasteiger partial charge in [-0.25, -0.2) is 0 Å². The van der Waals surface area contributed by atoms with Crippen LogP contribution >= 0.6 is 0 Å². The minimum Gasteiger partial charge on any atom is -0.341 e. The number of hydrogen-bond donors (Lipinski definition) is 1. The van der Waals surface area contributed by atoms with Gasteiger partial charge >= 0.3 is 0 Å². The molecule has 1 atom stereocenters. The number of carbonyl (C=O) groups is 2. The lowest BCUT2D eigenvalue weighted by atomic mass is 10.0. The SMILES string of the molecule is CN(CC(=O)N1CCCC1)C(=O)[C@H]1CCCCN1. The fraction of sp³-hybridized carbons (Fsp3) is 0.846. The number of likely N-dealkylation sites (tertiary alicyclic amines) is 1. The largest absolute Gasteiger partial charge is 0.341 e. The zero-order chi connectivity index (χ0) is 13.0. The van der Waals surface area contributed by atoms with Gasteiger partial charge in [-0.15, -0.1) is 0 Å². The molecule has 2 saturated heterocycles. The fourth-order valence-electron chi connectivity index (χ4n) is 2.68. The summed E-state index contributed by atoms with van der Waals surface area (Å²) < 4.78 is 0. The summed E-state index contributed by atoms with van der Waals surface area (Å²) in [6.45, 7) is 2.83. The molecule has 1 N–H and O–H groups in total. The molecular weight excluding hydrogens is 230 g/mol. The molecule has 0 radical (unpaired) electrons. The number of hydrogen-bond acceptors (Lipinski definition) is 3. The number of rotatable bonds is 3. The van der Waals surface area contributed by atoms with Gasteiger partial charge < -0.3 is 15.1 Å². The van der Waals surface area contributed by atoms with Gasteiger partial charge in [0.05, 0.1) is 12.6 Å². The molecule has 2 heterocycles. The predicted molar refractivity (Wildman–Crippen MR) is 69.1 cm³/mol. The van der Waals surface area contributed by atoms with Crippen LogP contribution in [0.1, 0.15) is 32.1 Å². The Morgan fingerprint density at radius 1 is 1.22 bits per heavy atom. The lowest BCUT2D eigenvalue weighted by Crippen LogP contribution is -2.49. The van der Waals surface area contributed by atoms with Crippen molar-refractivity contribution in [2.45, 2.75) is 38.1 Å².